The van der Waals surface area contributed by atoms with Gasteiger partial charge in [0.25, 0.3) is 0 Å². The van der Waals surface area contributed by atoms with Crippen molar-refractivity contribution >= 4 is 16.8 Å². The number of methoxy groups -OCH3 is 1. The predicted molar refractivity (Wildman–Crippen MR) is 154 cm³/mol. The Morgan fingerprint density at radius 2 is 1.62 bits per heavy atom. The SMILES string of the molecule is CCOc1ccc(C(CC(=O)NCc2ccncc2)c2cn(Cc3ccc(OC)cc3)c3ccccc23)cc1. The molecule has 1 unspecified atom stereocenters. The third kappa shape index (κ3) is 6.29. The van der Waals surface area contributed by atoms with Gasteiger partial charge in [-0.15, -0.1) is 0 Å². The van der Waals surface area contributed by atoms with Crippen molar-refractivity contribution in [2.24, 2.45) is 0 Å². The zero-order valence-electron chi connectivity index (χ0n) is 22.3. The summed E-state index contributed by atoms with van der Waals surface area (Å²) in [6.07, 6.45) is 6.01. The maximum Gasteiger partial charge on any atom is 0.221 e. The molecule has 2 aromatic heterocycles. The standard InChI is InChI=1S/C33H33N3O3/c1-3-39-28-14-10-26(11-15-28)30(20-33(37)35-21-24-16-18-34-19-17-24)31-23-36(32-7-5-4-6-29(31)32)22-25-8-12-27(38-2)13-9-25/h4-19,23,30H,3,20-22H2,1-2H3,(H,35,37). The summed E-state index contributed by atoms with van der Waals surface area (Å²) in [5.41, 5.74) is 5.53. The summed E-state index contributed by atoms with van der Waals surface area (Å²) in [6, 6.07) is 28.5. The van der Waals surface area contributed by atoms with E-state index in [1.807, 2.05) is 43.3 Å². The van der Waals surface area contributed by atoms with Crippen molar-refractivity contribution in [1.29, 1.82) is 0 Å². The molecular formula is C33H33N3O3. The van der Waals surface area contributed by atoms with Crippen LogP contribution < -0.4 is 14.8 Å². The minimum absolute atomic E-state index is 0.00215. The van der Waals surface area contributed by atoms with Crippen LogP contribution >= 0.6 is 0 Å². The number of amides is 1. The lowest BCUT2D eigenvalue weighted by Gasteiger charge is -2.18. The van der Waals surface area contributed by atoms with Gasteiger partial charge in [-0.05, 0) is 71.6 Å². The number of nitrogens with one attached hydrogen (secondary N) is 1. The van der Waals surface area contributed by atoms with Crippen molar-refractivity contribution in [3.8, 4) is 11.5 Å². The second-order valence-corrected chi connectivity index (χ2v) is 9.47. The van der Waals surface area contributed by atoms with Gasteiger partial charge in [0.1, 0.15) is 11.5 Å². The molecule has 198 valence electrons. The van der Waals surface area contributed by atoms with Gasteiger partial charge < -0.3 is 19.4 Å². The van der Waals surface area contributed by atoms with Crippen LogP contribution in [0.25, 0.3) is 10.9 Å². The fourth-order valence-corrected chi connectivity index (χ4v) is 4.94. The quantitative estimate of drug-likeness (QED) is 0.221. The summed E-state index contributed by atoms with van der Waals surface area (Å²) < 4.78 is 13.3. The average Bonchev–Trinajstić information content (AvgIpc) is 3.34. The molecule has 0 saturated carbocycles. The number of pyridine rings is 1. The van der Waals surface area contributed by atoms with E-state index in [9.17, 15) is 4.79 Å². The van der Waals surface area contributed by atoms with Crippen molar-refractivity contribution in [2.45, 2.75) is 32.4 Å². The number of hydrogen-bond donors (Lipinski definition) is 1. The molecule has 1 N–H and O–H groups in total. The smallest absolute Gasteiger partial charge is 0.221 e. The van der Waals surface area contributed by atoms with Crippen molar-refractivity contribution in [1.82, 2.24) is 14.9 Å². The third-order valence-corrected chi connectivity index (χ3v) is 6.93. The highest BCUT2D eigenvalue weighted by molar-refractivity contribution is 5.87. The third-order valence-electron chi connectivity index (χ3n) is 6.93. The number of fused-ring (bicyclic) bond motifs is 1. The molecule has 0 fully saturated rings. The molecule has 0 aliphatic heterocycles. The van der Waals surface area contributed by atoms with Gasteiger partial charge in [-0.3, -0.25) is 9.78 Å². The van der Waals surface area contributed by atoms with Gasteiger partial charge in [-0.2, -0.15) is 0 Å². The zero-order chi connectivity index (χ0) is 27.0. The van der Waals surface area contributed by atoms with Gasteiger partial charge in [0, 0.05) is 54.9 Å². The first-order chi connectivity index (χ1) is 19.1. The van der Waals surface area contributed by atoms with E-state index in [2.05, 4.69) is 69.6 Å². The van der Waals surface area contributed by atoms with Crippen LogP contribution in [-0.2, 0) is 17.9 Å². The van der Waals surface area contributed by atoms with Gasteiger partial charge in [-0.1, -0.05) is 42.5 Å². The van der Waals surface area contributed by atoms with E-state index < -0.39 is 0 Å². The number of benzene rings is 3. The van der Waals surface area contributed by atoms with E-state index in [0.717, 1.165) is 45.6 Å². The number of aromatic nitrogens is 2. The first-order valence-electron chi connectivity index (χ1n) is 13.2. The van der Waals surface area contributed by atoms with Gasteiger partial charge in [0.05, 0.1) is 13.7 Å². The second-order valence-electron chi connectivity index (χ2n) is 9.47. The Kier molecular flexibility index (Phi) is 8.22. The Morgan fingerprint density at radius 1 is 0.897 bits per heavy atom. The maximum atomic E-state index is 13.3. The number of nitrogens with zero attached hydrogens (tertiary/aromatic N) is 2. The van der Waals surface area contributed by atoms with Crippen LogP contribution in [-0.4, -0.2) is 29.2 Å². The Bertz CT molecular complexity index is 1510. The van der Waals surface area contributed by atoms with E-state index in [-0.39, 0.29) is 11.8 Å². The molecule has 0 spiro atoms. The van der Waals surface area contributed by atoms with E-state index >= 15 is 0 Å². The lowest BCUT2D eigenvalue weighted by Crippen LogP contribution is -2.25. The van der Waals surface area contributed by atoms with E-state index in [4.69, 9.17) is 9.47 Å². The van der Waals surface area contributed by atoms with E-state index in [1.165, 1.54) is 5.56 Å². The van der Waals surface area contributed by atoms with Crippen LogP contribution in [0.5, 0.6) is 11.5 Å². The first-order valence-corrected chi connectivity index (χ1v) is 13.2. The summed E-state index contributed by atoms with van der Waals surface area (Å²) in [7, 11) is 1.68. The van der Waals surface area contributed by atoms with Gasteiger partial charge in [-0.25, -0.2) is 0 Å². The number of carbonyl (C=O) groups is 1. The molecule has 3 aromatic carbocycles. The Labute approximate surface area is 229 Å². The highest BCUT2D eigenvalue weighted by Crippen LogP contribution is 2.36. The number of para-hydroxylation sites is 1. The molecule has 6 heteroatoms. The fourth-order valence-electron chi connectivity index (χ4n) is 4.94. The lowest BCUT2D eigenvalue weighted by molar-refractivity contribution is -0.121. The minimum Gasteiger partial charge on any atom is -0.497 e. The average molecular weight is 520 g/mol. The summed E-state index contributed by atoms with van der Waals surface area (Å²) in [4.78, 5) is 17.3. The molecule has 6 nitrogen and oxygen atoms in total. The van der Waals surface area contributed by atoms with Crippen LogP contribution in [0, 0.1) is 0 Å². The molecule has 0 saturated heterocycles. The number of carbonyl (C=O) groups excluding carboxylic acids is 1. The fraction of sp³-hybridized carbons (Fsp3) is 0.212. The normalized spacial score (nSPS) is 11.7. The van der Waals surface area contributed by atoms with Crippen LogP contribution in [0.15, 0.2) is 104 Å². The van der Waals surface area contributed by atoms with Gasteiger partial charge in [0.2, 0.25) is 5.91 Å². The van der Waals surface area contributed by atoms with Crippen molar-refractivity contribution < 1.29 is 14.3 Å². The maximum absolute atomic E-state index is 13.3. The Balaban J connectivity index is 1.48. The van der Waals surface area contributed by atoms with Crippen molar-refractivity contribution in [3.63, 3.8) is 0 Å². The highest BCUT2D eigenvalue weighted by atomic mass is 16.5. The molecular weight excluding hydrogens is 486 g/mol. The predicted octanol–water partition coefficient (Wildman–Crippen LogP) is 6.33. The van der Waals surface area contributed by atoms with Crippen LogP contribution in [0.2, 0.25) is 0 Å². The van der Waals surface area contributed by atoms with Crippen LogP contribution in [0.3, 0.4) is 0 Å². The number of hydrogen-bond acceptors (Lipinski definition) is 4. The van der Waals surface area contributed by atoms with E-state index in [0.29, 0.717) is 19.6 Å². The second kappa shape index (κ2) is 12.3. The molecule has 39 heavy (non-hydrogen) atoms. The summed E-state index contributed by atoms with van der Waals surface area (Å²) in [6.45, 7) is 3.77. The van der Waals surface area contributed by atoms with Crippen molar-refractivity contribution in [2.75, 3.05) is 13.7 Å². The Hall–Kier alpha value is -4.58. The largest absolute Gasteiger partial charge is 0.497 e. The van der Waals surface area contributed by atoms with E-state index in [1.54, 1.807) is 19.5 Å². The van der Waals surface area contributed by atoms with Crippen LogP contribution in [0.4, 0.5) is 0 Å². The van der Waals surface area contributed by atoms with Gasteiger partial charge in [0.15, 0.2) is 0 Å². The molecule has 0 radical (unpaired) electrons. The summed E-state index contributed by atoms with van der Waals surface area (Å²) >= 11 is 0. The first kappa shape index (κ1) is 26.0. The highest BCUT2D eigenvalue weighted by Gasteiger charge is 2.23. The molecule has 0 bridgehead atoms. The number of ether oxygens (including phenoxy) is 2. The molecule has 5 rings (SSSR count). The van der Waals surface area contributed by atoms with Crippen molar-refractivity contribution in [3.05, 3.63) is 126 Å². The number of rotatable bonds is 11. The van der Waals surface area contributed by atoms with Crippen LogP contribution in [0.1, 0.15) is 41.5 Å². The molecule has 0 aliphatic carbocycles. The summed E-state index contributed by atoms with van der Waals surface area (Å²) in [5, 5.41) is 4.24. The molecule has 2 heterocycles. The minimum atomic E-state index is -0.125. The summed E-state index contributed by atoms with van der Waals surface area (Å²) in [5.74, 6) is 1.53. The Morgan fingerprint density at radius 3 is 2.33 bits per heavy atom. The zero-order valence-corrected chi connectivity index (χ0v) is 22.3. The molecule has 1 amide bonds. The monoisotopic (exact) mass is 519 g/mol. The molecule has 0 aliphatic rings. The molecule has 5 aromatic rings. The topological polar surface area (TPSA) is 65.4 Å². The lowest BCUT2D eigenvalue weighted by atomic mass is 9.88. The molecule has 1 atom stereocenters. The van der Waals surface area contributed by atoms with Gasteiger partial charge >= 0.3 is 0 Å².